The third-order valence-corrected chi connectivity index (χ3v) is 3.96. The van der Waals surface area contributed by atoms with Gasteiger partial charge in [-0.25, -0.2) is 22.4 Å². The molecule has 1 aliphatic rings. The van der Waals surface area contributed by atoms with E-state index in [4.69, 9.17) is 23.2 Å². The van der Waals surface area contributed by atoms with E-state index in [1.54, 1.807) is 0 Å². The van der Waals surface area contributed by atoms with E-state index in [9.17, 15) is 18.0 Å². The van der Waals surface area contributed by atoms with Crippen LogP contribution >= 0.6 is 23.2 Å². The van der Waals surface area contributed by atoms with Crippen LogP contribution < -0.4 is 4.90 Å². The average Bonchev–Trinajstić information content (AvgIpc) is 2.52. The smallest absolute Gasteiger partial charge is 0.272 e. The molecule has 9 heteroatoms. The molecule has 6 nitrogen and oxygen atoms in total. The summed E-state index contributed by atoms with van der Waals surface area (Å²) in [6.45, 7) is -0.526. The van der Waals surface area contributed by atoms with Crippen molar-refractivity contribution in [3.8, 4) is 0 Å². The van der Waals surface area contributed by atoms with Crippen molar-refractivity contribution in [1.29, 1.82) is 0 Å². The molecule has 0 radical (unpaired) electrons. The fourth-order valence-corrected chi connectivity index (χ4v) is 2.89. The Bertz CT molecular complexity index is 654. The van der Waals surface area contributed by atoms with Gasteiger partial charge in [-0.15, -0.1) is 0 Å². The van der Waals surface area contributed by atoms with Crippen molar-refractivity contribution in [3.05, 3.63) is 28.2 Å². The second kappa shape index (κ2) is 4.66. The highest BCUT2D eigenvalue weighted by Gasteiger charge is 2.42. The van der Waals surface area contributed by atoms with Crippen LogP contribution in [0.2, 0.25) is 10.0 Å². The number of rotatable bonds is 2. The van der Waals surface area contributed by atoms with E-state index in [1.165, 1.54) is 18.2 Å². The highest BCUT2D eigenvalue weighted by molar-refractivity contribution is 7.89. The highest BCUT2D eigenvalue weighted by atomic mass is 35.5. The highest BCUT2D eigenvalue weighted by Crippen LogP contribution is 2.29. The zero-order chi connectivity index (χ0) is 14.4. The molecule has 3 amide bonds. The van der Waals surface area contributed by atoms with Gasteiger partial charge in [0.15, 0.2) is 0 Å². The topological polar surface area (TPSA) is 74.8 Å². The van der Waals surface area contributed by atoms with E-state index in [1.807, 2.05) is 0 Å². The summed E-state index contributed by atoms with van der Waals surface area (Å²) in [5.41, 5.74) is 0.138. The molecule has 0 saturated carbocycles. The van der Waals surface area contributed by atoms with Crippen molar-refractivity contribution in [2.45, 2.75) is 0 Å². The summed E-state index contributed by atoms with van der Waals surface area (Å²) in [4.78, 5) is 24.5. The Balaban J connectivity index is 2.46. The maximum absolute atomic E-state index is 12.0. The Morgan fingerprint density at radius 1 is 1.11 bits per heavy atom. The maximum Gasteiger partial charge on any atom is 0.345 e. The zero-order valence-corrected chi connectivity index (χ0v) is 12.0. The number of carbonyl (C=O) groups excluding carboxylic acids is 2. The summed E-state index contributed by atoms with van der Waals surface area (Å²) in [5.74, 6) is -0.659. The quantitative estimate of drug-likeness (QED) is 0.777. The molecule has 1 fully saturated rings. The lowest BCUT2D eigenvalue weighted by Crippen LogP contribution is -2.36. The van der Waals surface area contributed by atoms with Crippen LogP contribution in [0.15, 0.2) is 18.2 Å². The number of halogens is 2. The van der Waals surface area contributed by atoms with Gasteiger partial charge in [0.05, 0.1) is 11.9 Å². The fourth-order valence-electron chi connectivity index (χ4n) is 1.66. The van der Waals surface area contributed by atoms with Crippen molar-refractivity contribution in [2.24, 2.45) is 0 Å². The van der Waals surface area contributed by atoms with E-state index in [-0.39, 0.29) is 15.7 Å². The average molecular weight is 323 g/mol. The number of urea groups is 1. The first-order valence-electron chi connectivity index (χ1n) is 5.01. The van der Waals surface area contributed by atoms with Crippen LogP contribution in [0.5, 0.6) is 0 Å². The summed E-state index contributed by atoms with van der Waals surface area (Å²) in [6, 6.07) is 3.21. The summed E-state index contributed by atoms with van der Waals surface area (Å²) in [7, 11) is -3.79. The first kappa shape index (κ1) is 14.1. The monoisotopic (exact) mass is 322 g/mol. The zero-order valence-electron chi connectivity index (χ0n) is 9.63. The number of anilines is 1. The van der Waals surface area contributed by atoms with Gasteiger partial charge in [-0.3, -0.25) is 4.79 Å². The number of amides is 3. The Hall–Kier alpha value is -1.31. The predicted octanol–water partition coefficient (Wildman–Crippen LogP) is 1.72. The number of hydrogen-bond donors (Lipinski definition) is 0. The van der Waals surface area contributed by atoms with Gasteiger partial charge in [-0.2, -0.15) is 0 Å². The maximum atomic E-state index is 12.0. The third-order valence-electron chi connectivity index (χ3n) is 2.44. The molecule has 1 heterocycles. The van der Waals surface area contributed by atoms with Crippen LogP contribution in [-0.4, -0.2) is 37.5 Å². The minimum Gasteiger partial charge on any atom is -0.272 e. The Morgan fingerprint density at radius 2 is 1.63 bits per heavy atom. The van der Waals surface area contributed by atoms with Gasteiger partial charge in [0.1, 0.15) is 6.54 Å². The van der Waals surface area contributed by atoms with E-state index in [0.717, 1.165) is 11.2 Å². The van der Waals surface area contributed by atoms with Crippen LogP contribution in [-0.2, 0) is 14.8 Å². The standard InChI is InChI=1S/C10H8Cl2N2O4S/c1-19(17,18)13-5-9(15)14(10(13)16)8-3-6(11)2-7(12)4-8/h2-4H,5H2,1H3. The molecule has 0 aromatic heterocycles. The summed E-state index contributed by atoms with van der Waals surface area (Å²) in [6.07, 6.45) is 0.854. The molecular formula is C10H8Cl2N2O4S. The SMILES string of the molecule is CS(=O)(=O)N1CC(=O)N(c2cc(Cl)cc(Cl)c2)C1=O. The molecule has 1 aromatic carbocycles. The molecule has 1 aromatic rings. The molecular weight excluding hydrogens is 315 g/mol. The van der Waals surface area contributed by atoms with E-state index in [2.05, 4.69) is 0 Å². The van der Waals surface area contributed by atoms with Gasteiger partial charge >= 0.3 is 6.03 Å². The number of benzene rings is 1. The molecule has 19 heavy (non-hydrogen) atoms. The predicted molar refractivity (Wildman–Crippen MR) is 70.9 cm³/mol. The van der Waals surface area contributed by atoms with Crippen LogP contribution in [0, 0.1) is 0 Å². The lowest BCUT2D eigenvalue weighted by atomic mass is 10.3. The largest absolute Gasteiger partial charge is 0.345 e. The van der Waals surface area contributed by atoms with Crippen molar-refractivity contribution >= 4 is 50.9 Å². The first-order valence-corrected chi connectivity index (χ1v) is 7.61. The third kappa shape index (κ3) is 2.68. The van der Waals surface area contributed by atoms with Gasteiger partial charge in [0.25, 0.3) is 5.91 Å². The van der Waals surface area contributed by atoms with Gasteiger partial charge in [-0.1, -0.05) is 23.2 Å². The van der Waals surface area contributed by atoms with E-state index >= 15 is 0 Å². The van der Waals surface area contributed by atoms with Gasteiger partial charge in [0.2, 0.25) is 10.0 Å². The second-order valence-corrected chi connectivity index (χ2v) is 6.69. The fraction of sp³-hybridized carbons (Fsp3) is 0.200. The molecule has 2 rings (SSSR count). The van der Waals surface area contributed by atoms with Crippen LogP contribution in [0.1, 0.15) is 0 Å². The van der Waals surface area contributed by atoms with E-state index in [0.29, 0.717) is 4.31 Å². The number of nitrogens with zero attached hydrogens (tertiary/aromatic N) is 2. The van der Waals surface area contributed by atoms with Crippen LogP contribution in [0.25, 0.3) is 0 Å². The van der Waals surface area contributed by atoms with Crippen LogP contribution in [0.4, 0.5) is 10.5 Å². The Kier molecular flexibility index (Phi) is 3.46. The van der Waals surface area contributed by atoms with E-state index < -0.39 is 28.5 Å². The Labute approximate surface area is 119 Å². The summed E-state index contributed by atoms with van der Waals surface area (Å²) in [5, 5.41) is 0.474. The first-order chi connectivity index (χ1) is 8.70. The minimum absolute atomic E-state index is 0.138. The van der Waals surface area contributed by atoms with Crippen molar-refractivity contribution < 1.29 is 18.0 Å². The van der Waals surface area contributed by atoms with Crippen molar-refractivity contribution in [2.75, 3.05) is 17.7 Å². The van der Waals surface area contributed by atoms with Crippen molar-refractivity contribution in [1.82, 2.24) is 4.31 Å². The van der Waals surface area contributed by atoms with Gasteiger partial charge in [0, 0.05) is 10.0 Å². The number of carbonyl (C=O) groups is 2. The lowest BCUT2D eigenvalue weighted by molar-refractivity contribution is -0.116. The second-order valence-electron chi connectivity index (χ2n) is 3.91. The summed E-state index contributed by atoms with van der Waals surface area (Å²) < 4.78 is 23.2. The van der Waals surface area contributed by atoms with Gasteiger partial charge < -0.3 is 0 Å². The normalized spacial score (nSPS) is 16.4. The molecule has 102 valence electrons. The Morgan fingerprint density at radius 3 is 2.05 bits per heavy atom. The minimum atomic E-state index is -3.79. The molecule has 0 spiro atoms. The lowest BCUT2D eigenvalue weighted by Gasteiger charge is -2.15. The molecule has 0 N–H and O–H groups in total. The molecule has 0 aliphatic carbocycles. The molecule has 0 bridgehead atoms. The molecule has 1 saturated heterocycles. The van der Waals surface area contributed by atoms with Crippen molar-refractivity contribution in [3.63, 3.8) is 0 Å². The summed E-state index contributed by atoms with van der Waals surface area (Å²) >= 11 is 11.6. The molecule has 0 unspecified atom stereocenters. The number of sulfonamides is 1. The number of imide groups is 1. The number of hydrogen-bond acceptors (Lipinski definition) is 4. The molecule has 1 aliphatic heterocycles. The van der Waals surface area contributed by atoms with Gasteiger partial charge in [-0.05, 0) is 18.2 Å². The molecule has 0 atom stereocenters. The van der Waals surface area contributed by atoms with Crippen LogP contribution in [0.3, 0.4) is 0 Å².